The number of amides is 1. The van der Waals surface area contributed by atoms with Crippen molar-refractivity contribution in [3.63, 3.8) is 0 Å². The van der Waals surface area contributed by atoms with Crippen LogP contribution in [0.4, 0.5) is 0 Å². The van der Waals surface area contributed by atoms with Gasteiger partial charge in [-0.2, -0.15) is 0 Å². The fraction of sp³-hybridized carbons (Fsp3) is 0.909. The molecule has 0 aromatic heterocycles. The first kappa shape index (κ1) is 19.3. The lowest BCUT2D eigenvalue weighted by Crippen LogP contribution is -2.49. The van der Waals surface area contributed by atoms with E-state index in [1.54, 1.807) is 6.92 Å². The molecule has 0 aliphatic carbocycles. The monoisotopic (exact) mass is 285 g/mol. The van der Waals surface area contributed by atoms with Crippen molar-refractivity contribution in [3.8, 4) is 0 Å². The van der Waals surface area contributed by atoms with Crippen molar-refractivity contribution in [2.24, 2.45) is 5.73 Å². The van der Waals surface area contributed by atoms with Gasteiger partial charge < -0.3 is 15.5 Å². The fourth-order valence-electron chi connectivity index (χ4n) is 2.12. The highest BCUT2D eigenvalue weighted by Crippen LogP contribution is 2.15. The van der Waals surface area contributed by atoms with E-state index in [0.29, 0.717) is 6.04 Å². The lowest BCUT2D eigenvalue weighted by molar-refractivity contribution is -0.133. The fourth-order valence-corrected chi connectivity index (χ4v) is 2.12. The first-order valence-corrected chi connectivity index (χ1v) is 5.80. The molecule has 17 heavy (non-hydrogen) atoms. The van der Waals surface area contributed by atoms with Crippen LogP contribution in [0.25, 0.3) is 0 Å². The van der Waals surface area contributed by atoms with E-state index in [4.69, 9.17) is 5.73 Å². The van der Waals surface area contributed by atoms with E-state index in [9.17, 15) is 4.79 Å². The number of nitrogens with zero attached hydrogens (tertiary/aromatic N) is 2. The van der Waals surface area contributed by atoms with Gasteiger partial charge in [0.15, 0.2) is 0 Å². The number of likely N-dealkylation sites (N-methyl/N-ethyl adjacent to an activating group) is 1. The lowest BCUT2D eigenvalue weighted by atomic mass is 10.0. The number of halogens is 2. The molecule has 104 valence electrons. The maximum atomic E-state index is 11.7. The largest absolute Gasteiger partial charge is 0.341 e. The van der Waals surface area contributed by atoms with Crippen molar-refractivity contribution in [1.29, 1.82) is 0 Å². The first-order chi connectivity index (χ1) is 7.06. The van der Waals surface area contributed by atoms with E-state index in [2.05, 4.69) is 11.8 Å². The summed E-state index contributed by atoms with van der Waals surface area (Å²) >= 11 is 0. The summed E-state index contributed by atoms with van der Waals surface area (Å²) in [5.74, 6) is 0.0601. The Morgan fingerprint density at radius 3 is 2.24 bits per heavy atom. The molecule has 1 aliphatic rings. The Morgan fingerprint density at radius 2 is 1.88 bits per heavy atom. The Hall–Kier alpha value is -0.0300. The van der Waals surface area contributed by atoms with Crippen molar-refractivity contribution < 1.29 is 4.79 Å². The van der Waals surface area contributed by atoms with Gasteiger partial charge in [-0.05, 0) is 26.3 Å². The Bertz CT molecular complexity index is 219. The molecule has 1 saturated heterocycles. The van der Waals surface area contributed by atoms with Crippen LogP contribution in [0.5, 0.6) is 0 Å². The molecule has 1 rings (SSSR count). The average Bonchev–Trinajstić information content (AvgIpc) is 2.27. The van der Waals surface area contributed by atoms with E-state index in [1.165, 1.54) is 0 Å². The number of hydrogen-bond acceptors (Lipinski definition) is 3. The van der Waals surface area contributed by atoms with Crippen LogP contribution in [0.2, 0.25) is 0 Å². The number of rotatable bonds is 3. The predicted molar refractivity (Wildman–Crippen MR) is 76.1 cm³/mol. The Kier molecular flexibility index (Phi) is 10.2. The van der Waals surface area contributed by atoms with Crippen molar-refractivity contribution >= 4 is 30.7 Å². The summed E-state index contributed by atoms with van der Waals surface area (Å²) < 4.78 is 0. The molecule has 1 atom stereocenters. The quantitative estimate of drug-likeness (QED) is 0.846. The molecule has 4 nitrogen and oxygen atoms in total. The molecule has 0 radical (unpaired) electrons. The van der Waals surface area contributed by atoms with Crippen LogP contribution in [0.15, 0.2) is 0 Å². The van der Waals surface area contributed by atoms with Gasteiger partial charge in [0.05, 0.1) is 6.04 Å². The topological polar surface area (TPSA) is 49.6 Å². The van der Waals surface area contributed by atoms with Crippen LogP contribution in [-0.2, 0) is 4.79 Å². The van der Waals surface area contributed by atoms with Gasteiger partial charge in [-0.25, -0.2) is 0 Å². The summed E-state index contributed by atoms with van der Waals surface area (Å²) in [7, 11) is 1.87. The molecular formula is C11H25Cl2N3O. The number of likely N-dealkylation sites (tertiary alicyclic amines) is 1. The molecule has 0 spiro atoms. The molecule has 0 aromatic carbocycles. The molecular weight excluding hydrogens is 261 g/mol. The summed E-state index contributed by atoms with van der Waals surface area (Å²) in [4.78, 5) is 15.9. The second-order valence-corrected chi connectivity index (χ2v) is 4.40. The number of piperidine rings is 1. The molecule has 1 aliphatic heterocycles. The number of hydrogen-bond donors (Lipinski definition) is 1. The zero-order chi connectivity index (χ0) is 11.4. The first-order valence-electron chi connectivity index (χ1n) is 5.80. The average molecular weight is 286 g/mol. The van der Waals surface area contributed by atoms with E-state index >= 15 is 0 Å². The third-order valence-corrected chi connectivity index (χ3v) is 3.29. The Morgan fingerprint density at radius 1 is 1.41 bits per heavy atom. The summed E-state index contributed by atoms with van der Waals surface area (Å²) in [6.07, 6.45) is 2.14. The van der Waals surface area contributed by atoms with Crippen LogP contribution in [0.3, 0.4) is 0 Å². The number of carbonyl (C=O) groups excluding carboxylic acids is 1. The van der Waals surface area contributed by atoms with Crippen LogP contribution < -0.4 is 5.73 Å². The maximum absolute atomic E-state index is 11.7. The van der Waals surface area contributed by atoms with Gasteiger partial charge in [-0.1, -0.05) is 6.92 Å². The molecule has 1 unspecified atom stereocenters. The predicted octanol–water partition coefficient (Wildman–Crippen LogP) is 1.12. The minimum Gasteiger partial charge on any atom is -0.341 e. The molecule has 1 fully saturated rings. The summed E-state index contributed by atoms with van der Waals surface area (Å²) in [5, 5.41) is 0. The van der Waals surface area contributed by atoms with E-state index in [0.717, 1.165) is 32.5 Å². The van der Waals surface area contributed by atoms with Crippen LogP contribution in [0, 0.1) is 0 Å². The molecule has 0 saturated carbocycles. The normalized spacial score (nSPS) is 18.8. The van der Waals surface area contributed by atoms with Crippen molar-refractivity contribution in [2.45, 2.75) is 38.8 Å². The molecule has 2 N–H and O–H groups in total. The molecule has 6 heteroatoms. The molecule has 1 amide bonds. The highest BCUT2D eigenvalue weighted by molar-refractivity contribution is 5.85. The SMILES string of the molecule is CCN1CCC(N(C)C(=O)C(C)N)CC1.Cl.Cl. The van der Waals surface area contributed by atoms with Gasteiger partial charge in [0.25, 0.3) is 0 Å². The molecule has 0 aromatic rings. The smallest absolute Gasteiger partial charge is 0.239 e. The third-order valence-electron chi connectivity index (χ3n) is 3.29. The minimum absolute atomic E-state index is 0. The lowest BCUT2D eigenvalue weighted by Gasteiger charge is -2.36. The second-order valence-electron chi connectivity index (χ2n) is 4.40. The van der Waals surface area contributed by atoms with Gasteiger partial charge in [-0.3, -0.25) is 4.79 Å². The molecule has 1 heterocycles. The highest BCUT2D eigenvalue weighted by Gasteiger charge is 2.25. The standard InChI is InChI=1S/C11H23N3O.2ClH/c1-4-14-7-5-10(6-8-14)13(3)11(15)9(2)12;;/h9-10H,4-8,12H2,1-3H3;2*1H. The van der Waals surface area contributed by atoms with Crippen molar-refractivity contribution in [3.05, 3.63) is 0 Å². The maximum Gasteiger partial charge on any atom is 0.239 e. The summed E-state index contributed by atoms with van der Waals surface area (Å²) in [6, 6.07) is 0.00510. The second kappa shape index (κ2) is 8.97. The van der Waals surface area contributed by atoms with Crippen molar-refractivity contribution in [1.82, 2.24) is 9.80 Å². The van der Waals surface area contributed by atoms with Gasteiger partial charge in [0, 0.05) is 26.2 Å². The number of nitrogens with two attached hydrogens (primary N) is 1. The summed E-state index contributed by atoms with van der Waals surface area (Å²) in [5.41, 5.74) is 5.60. The van der Waals surface area contributed by atoms with E-state index in [1.807, 2.05) is 11.9 Å². The third kappa shape index (κ3) is 5.42. The number of carbonyl (C=O) groups is 1. The Labute approximate surface area is 117 Å². The van der Waals surface area contributed by atoms with Crippen LogP contribution in [0.1, 0.15) is 26.7 Å². The highest BCUT2D eigenvalue weighted by atomic mass is 35.5. The van der Waals surface area contributed by atoms with Crippen molar-refractivity contribution in [2.75, 3.05) is 26.7 Å². The zero-order valence-electron chi connectivity index (χ0n) is 10.9. The minimum atomic E-state index is -0.376. The van der Waals surface area contributed by atoms with Gasteiger partial charge in [0.1, 0.15) is 0 Å². The van der Waals surface area contributed by atoms with Gasteiger partial charge >= 0.3 is 0 Å². The van der Waals surface area contributed by atoms with E-state index in [-0.39, 0.29) is 36.8 Å². The zero-order valence-corrected chi connectivity index (χ0v) is 12.5. The van der Waals surface area contributed by atoms with Crippen LogP contribution >= 0.6 is 24.8 Å². The van der Waals surface area contributed by atoms with E-state index < -0.39 is 0 Å². The van der Waals surface area contributed by atoms with Gasteiger partial charge in [-0.15, -0.1) is 24.8 Å². The molecule has 0 bridgehead atoms. The Balaban J connectivity index is 0. The van der Waals surface area contributed by atoms with Gasteiger partial charge in [0.2, 0.25) is 5.91 Å². The summed E-state index contributed by atoms with van der Waals surface area (Å²) in [6.45, 7) is 7.23. The van der Waals surface area contributed by atoms with Crippen LogP contribution in [-0.4, -0.2) is 54.5 Å².